The molecule has 0 unspecified atom stereocenters. The van der Waals surface area contributed by atoms with Gasteiger partial charge < -0.3 is 0 Å². The molecule has 0 heteroatoms. The van der Waals surface area contributed by atoms with Gasteiger partial charge in [0.15, 0.2) is 0 Å². The molecule has 0 N–H and O–H groups in total. The van der Waals surface area contributed by atoms with Crippen molar-refractivity contribution >= 4 is 0 Å². The molecule has 0 fully saturated rings. The maximum Gasteiger partial charge on any atom is 0.0245 e. The molecule has 1 aromatic rings. The lowest BCUT2D eigenvalue weighted by molar-refractivity contribution is 0.579. The summed E-state index contributed by atoms with van der Waals surface area (Å²) in [7, 11) is 0. The third kappa shape index (κ3) is 8.05. The van der Waals surface area contributed by atoms with Crippen LogP contribution in [0.3, 0.4) is 0 Å². The van der Waals surface area contributed by atoms with Gasteiger partial charge in [0.05, 0.1) is 0 Å². The van der Waals surface area contributed by atoms with Crippen molar-refractivity contribution in [2.75, 3.05) is 0 Å². The number of hydrogen-bond acceptors (Lipinski definition) is 0. The Labute approximate surface area is 126 Å². The number of aryl methyl sites for hydroxylation is 1. The SMILES string of the molecule is CCCCCCCCCCC#Cc1ccc(CC)cc1. The first-order chi connectivity index (χ1) is 9.86. The van der Waals surface area contributed by atoms with Gasteiger partial charge in [-0.25, -0.2) is 0 Å². The molecule has 0 heterocycles. The smallest absolute Gasteiger partial charge is 0.0245 e. The fraction of sp³-hybridized carbons (Fsp3) is 0.600. The number of benzene rings is 1. The maximum atomic E-state index is 3.30. The van der Waals surface area contributed by atoms with Crippen molar-refractivity contribution < 1.29 is 0 Å². The van der Waals surface area contributed by atoms with Crippen LogP contribution in [-0.4, -0.2) is 0 Å². The molecule has 20 heavy (non-hydrogen) atoms. The van der Waals surface area contributed by atoms with Crippen LogP contribution in [0.15, 0.2) is 24.3 Å². The van der Waals surface area contributed by atoms with Crippen LogP contribution in [0.4, 0.5) is 0 Å². The van der Waals surface area contributed by atoms with Crippen LogP contribution < -0.4 is 0 Å². The van der Waals surface area contributed by atoms with E-state index in [-0.39, 0.29) is 0 Å². The van der Waals surface area contributed by atoms with Gasteiger partial charge >= 0.3 is 0 Å². The van der Waals surface area contributed by atoms with Gasteiger partial charge in [0.25, 0.3) is 0 Å². The Bertz CT molecular complexity index is 388. The molecule has 110 valence electrons. The predicted molar refractivity (Wildman–Crippen MR) is 89.9 cm³/mol. The summed E-state index contributed by atoms with van der Waals surface area (Å²) in [4.78, 5) is 0. The van der Waals surface area contributed by atoms with Crippen molar-refractivity contribution in [3.8, 4) is 11.8 Å². The molecular weight excluding hydrogens is 240 g/mol. The van der Waals surface area contributed by atoms with Crippen LogP contribution in [-0.2, 0) is 6.42 Å². The van der Waals surface area contributed by atoms with Crippen molar-refractivity contribution in [3.63, 3.8) is 0 Å². The van der Waals surface area contributed by atoms with Crippen molar-refractivity contribution in [3.05, 3.63) is 35.4 Å². The second kappa shape index (κ2) is 11.6. The standard InChI is InChI=1S/C20H30/c1-3-5-6-7-8-9-10-11-12-13-14-20-17-15-19(4-2)16-18-20/h15-18H,3-12H2,1-2H3. The normalized spacial score (nSPS) is 10.1. The molecular formula is C20H30. The van der Waals surface area contributed by atoms with Crippen LogP contribution in [0.1, 0.15) is 82.8 Å². The summed E-state index contributed by atoms with van der Waals surface area (Å²) in [6.45, 7) is 4.46. The van der Waals surface area contributed by atoms with E-state index in [0.717, 1.165) is 18.4 Å². The van der Waals surface area contributed by atoms with Gasteiger partial charge in [-0.1, -0.05) is 82.8 Å². The molecule has 0 aliphatic rings. The summed E-state index contributed by atoms with van der Waals surface area (Å²) in [6.07, 6.45) is 13.1. The molecule has 1 rings (SSSR count). The largest absolute Gasteiger partial charge is 0.0979 e. The second-order valence-electron chi connectivity index (χ2n) is 5.58. The lowest BCUT2D eigenvalue weighted by Crippen LogP contribution is -1.81. The summed E-state index contributed by atoms with van der Waals surface area (Å²) < 4.78 is 0. The maximum absolute atomic E-state index is 3.30. The Balaban J connectivity index is 2.04. The number of rotatable bonds is 9. The van der Waals surface area contributed by atoms with Gasteiger partial charge in [-0.2, -0.15) is 0 Å². The minimum absolute atomic E-state index is 1.05. The zero-order chi connectivity index (χ0) is 14.5. The van der Waals surface area contributed by atoms with Crippen LogP contribution in [0.5, 0.6) is 0 Å². The van der Waals surface area contributed by atoms with E-state index < -0.39 is 0 Å². The van der Waals surface area contributed by atoms with Crippen LogP contribution in [0.2, 0.25) is 0 Å². The highest BCUT2D eigenvalue weighted by Gasteiger charge is 1.91. The van der Waals surface area contributed by atoms with Gasteiger partial charge in [-0.05, 0) is 30.5 Å². The molecule has 0 amide bonds. The molecule has 0 spiro atoms. The lowest BCUT2D eigenvalue weighted by Gasteiger charge is -1.99. The van der Waals surface area contributed by atoms with Gasteiger partial charge in [-0.15, -0.1) is 0 Å². The molecule has 0 bridgehead atoms. The van der Waals surface area contributed by atoms with E-state index in [1.54, 1.807) is 0 Å². The summed E-state index contributed by atoms with van der Waals surface area (Å²) in [5, 5.41) is 0. The summed E-state index contributed by atoms with van der Waals surface area (Å²) >= 11 is 0. The summed E-state index contributed by atoms with van der Waals surface area (Å²) in [5.74, 6) is 6.57. The number of hydrogen-bond donors (Lipinski definition) is 0. The summed E-state index contributed by atoms with van der Waals surface area (Å²) in [5.41, 5.74) is 2.54. The van der Waals surface area contributed by atoms with Crippen LogP contribution in [0.25, 0.3) is 0 Å². The number of unbranched alkanes of at least 4 members (excludes halogenated alkanes) is 8. The first-order valence-electron chi connectivity index (χ1n) is 8.44. The van der Waals surface area contributed by atoms with Crippen LogP contribution >= 0.6 is 0 Å². The van der Waals surface area contributed by atoms with Gasteiger partial charge in [0.1, 0.15) is 0 Å². The fourth-order valence-electron chi connectivity index (χ4n) is 2.34. The highest BCUT2D eigenvalue weighted by molar-refractivity contribution is 5.36. The van der Waals surface area contributed by atoms with E-state index in [0.29, 0.717) is 0 Å². The molecule has 0 aliphatic heterocycles. The van der Waals surface area contributed by atoms with Gasteiger partial charge in [0, 0.05) is 12.0 Å². The Morgan fingerprint density at radius 3 is 1.95 bits per heavy atom. The van der Waals surface area contributed by atoms with E-state index in [2.05, 4.69) is 50.0 Å². The highest BCUT2D eigenvalue weighted by atomic mass is 14.0. The molecule has 0 aromatic heterocycles. The molecule has 0 radical (unpaired) electrons. The third-order valence-corrected chi connectivity index (χ3v) is 3.75. The monoisotopic (exact) mass is 270 g/mol. The third-order valence-electron chi connectivity index (χ3n) is 3.75. The Morgan fingerprint density at radius 1 is 0.750 bits per heavy atom. The van der Waals surface area contributed by atoms with Crippen molar-refractivity contribution in [1.29, 1.82) is 0 Å². The first-order valence-corrected chi connectivity index (χ1v) is 8.44. The zero-order valence-electron chi connectivity index (χ0n) is 13.4. The van der Waals surface area contributed by atoms with E-state index >= 15 is 0 Å². The zero-order valence-corrected chi connectivity index (χ0v) is 13.4. The predicted octanol–water partition coefficient (Wildman–Crippen LogP) is 6.13. The second-order valence-corrected chi connectivity index (χ2v) is 5.58. The van der Waals surface area contributed by atoms with Crippen molar-refractivity contribution in [2.24, 2.45) is 0 Å². The quantitative estimate of drug-likeness (QED) is 0.374. The van der Waals surface area contributed by atoms with E-state index in [1.807, 2.05) is 0 Å². The minimum Gasteiger partial charge on any atom is -0.0979 e. The molecule has 0 saturated heterocycles. The topological polar surface area (TPSA) is 0 Å². The molecule has 1 aromatic carbocycles. The van der Waals surface area contributed by atoms with Gasteiger partial charge in [-0.3, -0.25) is 0 Å². The Morgan fingerprint density at radius 2 is 1.35 bits per heavy atom. The van der Waals surface area contributed by atoms with Crippen LogP contribution in [0, 0.1) is 11.8 Å². The minimum atomic E-state index is 1.05. The Kier molecular flexibility index (Phi) is 9.76. The molecule has 0 saturated carbocycles. The lowest BCUT2D eigenvalue weighted by atomic mass is 10.1. The Hall–Kier alpha value is -1.22. The van der Waals surface area contributed by atoms with E-state index in [1.165, 1.54) is 56.9 Å². The van der Waals surface area contributed by atoms with Gasteiger partial charge in [0.2, 0.25) is 0 Å². The summed E-state index contributed by atoms with van der Waals surface area (Å²) in [6, 6.07) is 8.64. The average Bonchev–Trinajstić information content (AvgIpc) is 2.50. The van der Waals surface area contributed by atoms with E-state index in [9.17, 15) is 0 Å². The first kappa shape index (κ1) is 16.8. The fourth-order valence-corrected chi connectivity index (χ4v) is 2.34. The molecule has 0 aliphatic carbocycles. The average molecular weight is 270 g/mol. The van der Waals surface area contributed by atoms with Crippen molar-refractivity contribution in [2.45, 2.75) is 78.1 Å². The molecule has 0 atom stereocenters. The van der Waals surface area contributed by atoms with E-state index in [4.69, 9.17) is 0 Å². The highest BCUT2D eigenvalue weighted by Crippen LogP contribution is 2.09. The van der Waals surface area contributed by atoms with Crippen molar-refractivity contribution in [1.82, 2.24) is 0 Å². The molecule has 0 nitrogen and oxygen atoms in total.